The van der Waals surface area contributed by atoms with Crippen LogP contribution < -0.4 is 9.47 Å². The van der Waals surface area contributed by atoms with Crippen molar-refractivity contribution in [3.63, 3.8) is 0 Å². The van der Waals surface area contributed by atoms with E-state index in [0.29, 0.717) is 6.04 Å². The van der Waals surface area contributed by atoms with Crippen molar-refractivity contribution < 1.29 is 9.47 Å². The summed E-state index contributed by atoms with van der Waals surface area (Å²) in [6.45, 7) is 3.82. The van der Waals surface area contributed by atoms with E-state index in [-0.39, 0.29) is 5.41 Å². The quantitative estimate of drug-likeness (QED) is 0.837. The van der Waals surface area contributed by atoms with Crippen LogP contribution in [0.25, 0.3) is 0 Å². The third-order valence-corrected chi connectivity index (χ3v) is 7.12. The van der Waals surface area contributed by atoms with Gasteiger partial charge in [-0.15, -0.1) is 0 Å². The number of nitrogens with zero attached hydrogens (tertiary/aromatic N) is 2. The molecule has 0 spiro atoms. The highest BCUT2D eigenvalue weighted by atomic mass is 16.5. The lowest BCUT2D eigenvalue weighted by Gasteiger charge is -2.47. The molecule has 4 rings (SSSR count). The number of likely N-dealkylation sites (tertiary alicyclic amines) is 2. The van der Waals surface area contributed by atoms with Gasteiger partial charge in [0.25, 0.3) is 0 Å². The van der Waals surface area contributed by atoms with Gasteiger partial charge in [0.05, 0.1) is 14.2 Å². The van der Waals surface area contributed by atoms with Crippen LogP contribution in [0, 0.1) is 0 Å². The van der Waals surface area contributed by atoms with Gasteiger partial charge in [-0.05, 0) is 82.9 Å². The Morgan fingerprint density at radius 3 is 2.48 bits per heavy atom. The minimum absolute atomic E-state index is 0.282. The van der Waals surface area contributed by atoms with Crippen molar-refractivity contribution in [1.82, 2.24) is 9.80 Å². The predicted molar refractivity (Wildman–Crippen MR) is 101 cm³/mol. The first-order valence-corrected chi connectivity index (χ1v) is 9.85. The van der Waals surface area contributed by atoms with Crippen LogP contribution in [0.4, 0.5) is 0 Å². The van der Waals surface area contributed by atoms with Gasteiger partial charge in [-0.2, -0.15) is 0 Å². The van der Waals surface area contributed by atoms with E-state index in [1.165, 1.54) is 63.7 Å². The minimum atomic E-state index is 0.282. The molecule has 1 saturated carbocycles. The lowest BCUT2D eigenvalue weighted by molar-refractivity contribution is 0.0961. The molecule has 2 saturated heterocycles. The minimum Gasteiger partial charge on any atom is -0.493 e. The van der Waals surface area contributed by atoms with E-state index >= 15 is 0 Å². The van der Waals surface area contributed by atoms with E-state index in [9.17, 15) is 0 Å². The first-order chi connectivity index (χ1) is 12.2. The fourth-order valence-corrected chi connectivity index (χ4v) is 5.68. The maximum Gasteiger partial charge on any atom is 0.161 e. The van der Waals surface area contributed by atoms with Gasteiger partial charge in [-0.25, -0.2) is 0 Å². The Bertz CT molecular complexity index is 614. The molecule has 4 heteroatoms. The summed E-state index contributed by atoms with van der Waals surface area (Å²) in [5.41, 5.74) is 1.73. The predicted octanol–water partition coefficient (Wildman–Crippen LogP) is 3.29. The van der Waals surface area contributed by atoms with E-state index in [0.717, 1.165) is 17.5 Å². The van der Waals surface area contributed by atoms with Gasteiger partial charge in [0.2, 0.25) is 0 Å². The topological polar surface area (TPSA) is 24.9 Å². The van der Waals surface area contributed by atoms with Crippen molar-refractivity contribution in [1.29, 1.82) is 0 Å². The Morgan fingerprint density at radius 2 is 1.76 bits per heavy atom. The molecule has 2 aliphatic heterocycles. The second-order valence-corrected chi connectivity index (χ2v) is 8.14. The molecule has 138 valence electrons. The normalized spacial score (nSPS) is 33.4. The van der Waals surface area contributed by atoms with Crippen LogP contribution >= 0.6 is 0 Å². The highest BCUT2D eigenvalue weighted by molar-refractivity contribution is 5.46. The van der Waals surface area contributed by atoms with Crippen molar-refractivity contribution in [2.45, 2.75) is 56.0 Å². The highest BCUT2D eigenvalue weighted by Gasteiger charge is 2.51. The van der Waals surface area contributed by atoms with Crippen LogP contribution in [0.5, 0.6) is 11.5 Å². The smallest absolute Gasteiger partial charge is 0.161 e. The molecule has 1 aromatic rings. The van der Waals surface area contributed by atoms with Crippen LogP contribution in [0.1, 0.15) is 44.1 Å². The van der Waals surface area contributed by atoms with Gasteiger partial charge in [-0.1, -0.05) is 6.07 Å². The molecule has 0 unspecified atom stereocenters. The number of fused-ring (bicyclic) bond motifs is 1. The van der Waals surface area contributed by atoms with Crippen molar-refractivity contribution in [2.75, 3.05) is 40.9 Å². The fourth-order valence-electron chi connectivity index (χ4n) is 5.68. The summed E-state index contributed by atoms with van der Waals surface area (Å²) >= 11 is 0. The molecule has 1 aromatic carbocycles. The maximum absolute atomic E-state index is 5.60. The zero-order valence-electron chi connectivity index (χ0n) is 16.0. The van der Waals surface area contributed by atoms with E-state index < -0.39 is 0 Å². The zero-order chi connectivity index (χ0) is 17.4. The summed E-state index contributed by atoms with van der Waals surface area (Å²) < 4.78 is 11.0. The van der Waals surface area contributed by atoms with Crippen molar-refractivity contribution in [3.8, 4) is 11.5 Å². The molecule has 0 aromatic heterocycles. The van der Waals surface area contributed by atoms with Crippen LogP contribution in [0.15, 0.2) is 18.2 Å². The molecule has 0 bridgehead atoms. The Hall–Kier alpha value is -1.26. The van der Waals surface area contributed by atoms with Gasteiger partial charge in [0.1, 0.15) is 0 Å². The maximum atomic E-state index is 5.60. The van der Waals surface area contributed by atoms with Gasteiger partial charge >= 0.3 is 0 Å². The number of ether oxygens (including phenoxy) is 2. The standard InChI is InChI=1S/C21H32N2O2/c1-22-13-10-21(16-6-7-18(24-2)19(14-16)25-3)9-8-17(15-20(21)22)23-11-4-5-12-23/h6-7,14,17,20H,4-5,8-13,15H2,1-3H3/t17-,20-,21-/m0/s1. The number of benzene rings is 1. The van der Waals surface area contributed by atoms with Crippen LogP contribution in [0.2, 0.25) is 0 Å². The summed E-state index contributed by atoms with van der Waals surface area (Å²) in [4.78, 5) is 5.36. The van der Waals surface area contributed by atoms with Crippen molar-refractivity contribution >= 4 is 0 Å². The largest absolute Gasteiger partial charge is 0.493 e. The highest BCUT2D eigenvalue weighted by Crippen LogP contribution is 2.50. The lowest BCUT2D eigenvalue weighted by Crippen LogP contribution is -2.51. The van der Waals surface area contributed by atoms with E-state index in [2.05, 4.69) is 35.0 Å². The molecule has 2 heterocycles. The van der Waals surface area contributed by atoms with Crippen LogP contribution in [-0.4, -0.2) is 62.8 Å². The second-order valence-electron chi connectivity index (χ2n) is 8.14. The Morgan fingerprint density at radius 1 is 1.00 bits per heavy atom. The van der Waals surface area contributed by atoms with Crippen molar-refractivity contribution in [3.05, 3.63) is 23.8 Å². The number of rotatable bonds is 4. The molecule has 4 nitrogen and oxygen atoms in total. The summed E-state index contributed by atoms with van der Waals surface area (Å²) in [6, 6.07) is 8.03. The number of hydrogen-bond donors (Lipinski definition) is 0. The van der Waals surface area contributed by atoms with E-state index in [4.69, 9.17) is 9.47 Å². The number of likely N-dealkylation sites (N-methyl/N-ethyl adjacent to an activating group) is 1. The molecule has 25 heavy (non-hydrogen) atoms. The molecule has 3 fully saturated rings. The third-order valence-electron chi connectivity index (χ3n) is 7.12. The number of methoxy groups -OCH3 is 2. The third kappa shape index (κ3) is 2.83. The molecule has 0 amide bonds. The average Bonchev–Trinajstić information content (AvgIpc) is 3.30. The summed E-state index contributed by atoms with van der Waals surface area (Å²) in [5, 5.41) is 0. The second kappa shape index (κ2) is 6.81. The Labute approximate surface area is 152 Å². The monoisotopic (exact) mass is 344 g/mol. The van der Waals surface area contributed by atoms with E-state index in [1.807, 2.05) is 0 Å². The average molecular weight is 344 g/mol. The van der Waals surface area contributed by atoms with Gasteiger partial charge in [0.15, 0.2) is 11.5 Å². The van der Waals surface area contributed by atoms with Crippen LogP contribution in [0.3, 0.4) is 0 Å². The van der Waals surface area contributed by atoms with E-state index in [1.54, 1.807) is 14.2 Å². The molecule has 0 N–H and O–H groups in total. The summed E-state index contributed by atoms with van der Waals surface area (Å²) in [5.74, 6) is 1.70. The first-order valence-electron chi connectivity index (χ1n) is 9.85. The Balaban J connectivity index is 1.63. The fraction of sp³-hybridized carbons (Fsp3) is 0.714. The molecule has 3 aliphatic rings. The molecule has 0 radical (unpaired) electrons. The summed E-state index contributed by atoms with van der Waals surface area (Å²) in [7, 11) is 5.77. The van der Waals surface area contributed by atoms with Gasteiger partial charge in [0, 0.05) is 17.5 Å². The molecule has 1 aliphatic carbocycles. The number of hydrogen-bond acceptors (Lipinski definition) is 4. The van der Waals surface area contributed by atoms with Gasteiger partial charge < -0.3 is 19.3 Å². The molecular formula is C21H32N2O2. The molecular weight excluding hydrogens is 312 g/mol. The van der Waals surface area contributed by atoms with Crippen LogP contribution in [-0.2, 0) is 5.41 Å². The summed E-state index contributed by atoms with van der Waals surface area (Å²) in [6.07, 6.45) is 7.97. The SMILES string of the molecule is COc1ccc([C@@]23CC[C@H](N4CCCC4)C[C@@H]2N(C)CC3)cc1OC. The molecule has 3 atom stereocenters. The Kier molecular flexibility index (Phi) is 4.67. The van der Waals surface area contributed by atoms with Crippen molar-refractivity contribution in [2.24, 2.45) is 0 Å². The lowest BCUT2D eigenvalue weighted by atomic mass is 9.65. The zero-order valence-corrected chi connectivity index (χ0v) is 16.0. The first kappa shape index (κ1) is 17.2. The van der Waals surface area contributed by atoms with Gasteiger partial charge in [-0.3, -0.25) is 0 Å².